The van der Waals surface area contributed by atoms with Crippen molar-refractivity contribution in [1.82, 2.24) is 4.98 Å². The average Bonchev–Trinajstić information content (AvgIpc) is 2.16. The third-order valence-corrected chi connectivity index (χ3v) is 2.15. The van der Waals surface area contributed by atoms with Gasteiger partial charge in [-0.1, -0.05) is 11.6 Å². The number of halogens is 8. The van der Waals surface area contributed by atoms with Crippen LogP contribution in [0.25, 0.3) is 0 Å². The zero-order valence-electron chi connectivity index (χ0n) is 7.70. The highest BCUT2D eigenvalue weighted by Crippen LogP contribution is 2.52. The molecule has 0 saturated heterocycles. The Bertz CT molecular complexity index is 415. The van der Waals surface area contributed by atoms with Crippen LogP contribution in [0.1, 0.15) is 5.56 Å². The molecule has 0 aliphatic rings. The maximum atomic E-state index is 13.1. The van der Waals surface area contributed by atoms with Crippen LogP contribution in [-0.2, 0) is 5.92 Å². The number of nitrogens with zero attached hydrogens (tertiary/aromatic N) is 1. The van der Waals surface area contributed by atoms with E-state index in [1.165, 1.54) is 0 Å². The van der Waals surface area contributed by atoms with Gasteiger partial charge >= 0.3 is 18.0 Å². The van der Waals surface area contributed by atoms with Crippen molar-refractivity contribution in [1.29, 1.82) is 0 Å². The molecule has 0 amide bonds. The van der Waals surface area contributed by atoms with Gasteiger partial charge in [0.15, 0.2) is 0 Å². The summed E-state index contributed by atoms with van der Waals surface area (Å²) in [6.07, 6.45) is -5.51. The third-order valence-electron chi connectivity index (χ3n) is 1.85. The summed E-state index contributed by atoms with van der Waals surface area (Å²) < 4.78 is 87.0. The van der Waals surface area contributed by atoms with Crippen LogP contribution in [-0.4, -0.2) is 17.1 Å². The molecule has 17 heavy (non-hydrogen) atoms. The van der Waals surface area contributed by atoms with Crippen molar-refractivity contribution in [3.05, 3.63) is 29.0 Å². The Morgan fingerprint density at radius 2 is 1.53 bits per heavy atom. The second-order valence-electron chi connectivity index (χ2n) is 2.99. The van der Waals surface area contributed by atoms with Crippen molar-refractivity contribution >= 4 is 11.6 Å². The number of rotatable bonds is 2. The van der Waals surface area contributed by atoms with Crippen molar-refractivity contribution in [3.63, 3.8) is 0 Å². The minimum absolute atomic E-state index is 0.356. The fourth-order valence-electron chi connectivity index (χ4n) is 0.967. The lowest BCUT2D eigenvalue weighted by Crippen LogP contribution is -2.50. The van der Waals surface area contributed by atoms with Gasteiger partial charge in [-0.2, -0.15) is 30.7 Å². The van der Waals surface area contributed by atoms with Crippen LogP contribution in [0.3, 0.4) is 0 Å². The molecule has 0 radical (unpaired) electrons. The molecule has 0 unspecified atom stereocenters. The normalized spacial score (nSPS) is 13.9. The maximum Gasteiger partial charge on any atom is 0.460 e. The molecule has 1 aromatic rings. The molecule has 1 aromatic heterocycles. The highest BCUT2D eigenvalue weighted by Gasteiger charge is 2.74. The fraction of sp³-hybridized carbons (Fsp3) is 0.375. The first kappa shape index (κ1) is 14.0. The number of hydrogen-bond donors (Lipinski definition) is 0. The van der Waals surface area contributed by atoms with Gasteiger partial charge in [-0.05, 0) is 12.1 Å². The van der Waals surface area contributed by atoms with Crippen LogP contribution in [0.2, 0.25) is 5.15 Å². The molecule has 0 aliphatic heterocycles. The summed E-state index contributed by atoms with van der Waals surface area (Å²) in [7, 11) is 0. The molecule has 9 heteroatoms. The molecule has 1 rings (SSSR count). The van der Waals surface area contributed by atoms with Gasteiger partial charge in [0, 0.05) is 6.20 Å². The average molecular weight is 282 g/mol. The summed E-state index contributed by atoms with van der Waals surface area (Å²) in [5.74, 6) is -11.7. The molecule has 1 nitrogen and oxygen atoms in total. The summed E-state index contributed by atoms with van der Waals surface area (Å²) in [6, 6.07) is 1.14. The zero-order valence-corrected chi connectivity index (χ0v) is 8.46. The Balaban J connectivity index is 3.34. The van der Waals surface area contributed by atoms with Crippen molar-refractivity contribution in [2.75, 3.05) is 0 Å². The van der Waals surface area contributed by atoms with Gasteiger partial charge in [0.25, 0.3) is 0 Å². The summed E-state index contributed by atoms with van der Waals surface area (Å²) in [5, 5.41) is -1.11. The lowest BCUT2D eigenvalue weighted by Gasteiger charge is -2.28. The molecule has 96 valence electrons. The van der Waals surface area contributed by atoms with E-state index in [1.807, 2.05) is 0 Å². The molecule has 0 bridgehead atoms. The molecule has 0 fully saturated rings. The van der Waals surface area contributed by atoms with Crippen LogP contribution in [0.5, 0.6) is 0 Å². The Labute approximate surface area is 95.2 Å². The SMILES string of the molecule is FC(F)(F)C(F)(F)C(F)(F)c1cccnc1Cl. The summed E-state index contributed by atoms with van der Waals surface area (Å²) >= 11 is 5.07. The topological polar surface area (TPSA) is 12.9 Å². The van der Waals surface area contributed by atoms with E-state index in [4.69, 9.17) is 11.6 Å². The van der Waals surface area contributed by atoms with E-state index in [0.29, 0.717) is 6.07 Å². The Morgan fingerprint density at radius 3 is 1.94 bits per heavy atom. The summed E-state index contributed by atoms with van der Waals surface area (Å²) in [4.78, 5) is 3.03. The zero-order chi connectivity index (χ0) is 13.5. The van der Waals surface area contributed by atoms with E-state index in [9.17, 15) is 30.7 Å². The lowest BCUT2D eigenvalue weighted by atomic mass is 10.0. The molecule has 0 aliphatic carbocycles. The number of aromatic nitrogens is 1. The van der Waals surface area contributed by atoms with Crippen molar-refractivity contribution < 1.29 is 30.7 Å². The van der Waals surface area contributed by atoms with E-state index in [2.05, 4.69) is 4.98 Å². The quantitative estimate of drug-likeness (QED) is 0.589. The summed E-state index contributed by atoms with van der Waals surface area (Å²) in [6.45, 7) is 0. The first-order valence-electron chi connectivity index (χ1n) is 3.95. The number of alkyl halides is 7. The van der Waals surface area contributed by atoms with E-state index >= 15 is 0 Å². The molecule has 0 saturated carbocycles. The van der Waals surface area contributed by atoms with Crippen LogP contribution >= 0.6 is 11.6 Å². The molecule has 0 spiro atoms. The largest absolute Gasteiger partial charge is 0.460 e. The fourth-order valence-corrected chi connectivity index (χ4v) is 1.21. The Morgan fingerprint density at radius 1 is 1.00 bits per heavy atom. The van der Waals surface area contributed by atoms with Crippen molar-refractivity contribution in [2.45, 2.75) is 18.0 Å². The maximum absolute atomic E-state index is 13.1. The number of hydrogen-bond acceptors (Lipinski definition) is 1. The molecule has 0 N–H and O–H groups in total. The molecular formula is C8H3ClF7N. The molecule has 0 aromatic carbocycles. The summed E-state index contributed by atoms with van der Waals surface area (Å²) in [5.41, 5.74) is -1.68. The van der Waals surface area contributed by atoms with E-state index in [0.717, 1.165) is 12.3 Å². The van der Waals surface area contributed by atoms with Gasteiger partial charge in [-0.25, -0.2) is 4.98 Å². The van der Waals surface area contributed by atoms with Crippen LogP contribution in [0.15, 0.2) is 18.3 Å². The van der Waals surface area contributed by atoms with E-state index in [1.54, 1.807) is 0 Å². The van der Waals surface area contributed by atoms with Crippen LogP contribution < -0.4 is 0 Å². The highest BCUT2D eigenvalue weighted by molar-refractivity contribution is 6.30. The first-order valence-corrected chi connectivity index (χ1v) is 4.33. The van der Waals surface area contributed by atoms with Crippen molar-refractivity contribution in [2.24, 2.45) is 0 Å². The Kier molecular flexibility index (Phi) is 3.30. The highest BCUT2D eigenvalue weighted by atomic mass is 35.5. The minimum atomic E-state index is -6.39. The second kappa shape index (κ2) is 4.01. The number of pyridine rings is 1. The van der Waals surface area contributed by atoms with E-state index in [-0.39, 0.29) is 0 Å². The Hall–Kier alpha value is -1.05. The lowest BCUT2D eigenvalue weighted by molar-refractivity contribution is -0.359. The van der Waals surface area contributed by atoms with Gasteiger partial charge in [-0.15, -0.1) is 0 Å². The molecular weight excluding hydrogens is 279 g/mol. The van der Waals surface area contributed by atoms with Gasteiger partial charge in [0.2, 0.25) is 0 Å². The van der Waals surface area contributed by atoms with Crippen LogP contribution in [0.4, 0.5) is 30.7 Å². The predicted octanol–water partition coefficient (Wildman–Crippen LogP) is 4.02. The first-order chi connectivity index (χ1) is 7.52. The third kappa shape index (κ3) is 2.18. The smallest absolute Gasteiger partial charge is 0.244 e. The monoisotopic (exact) mass is 281 g/mol. The van der Waals surface area contributed by atoms with Gasteiger partial charge in [0.1, 0.15) is 5.15 Å². The standard InChI is InChI=1S/C8H3ClF7N/c9-5-4(2-1-3-17-5)6(10,11)7(12,13)8(14,15)16/h1-3H. The molecule has 1 heterocycles. The predicted molar refractivity (Wildman–Crippen MR) is 44.1 cm³/mol. The van der Waals surface area contributed by atoms with Gasteiger partial charge in [0.05, 0.1) is 5.56 Å². The van der Waals surface area contributed by atoms with Gasteiger partial charge < -0.3 is 0 Å². The molecule has 0 atom stereocenters. The van der Waals surface area contributed by atoms with Gasteiger partial charge in [-0.3, -0.25) is 0 Å². The second-order valence-corrected chi connectivity index (χ2v) is 3.35. The van der Waals surface area contributed by atoms with E-state index < -0.39 is 28.7 Å². The van der Waals surface area contributed by atoms with Crippen molar-refractivity contribution in [3.8, 4) is 0 Å². The van der Waals surface area contributed by atoms with Crippen LogP contribution in [0, 0.1) is 0 Å². The minimum Gasteiger partial charge on any atom is -0.244 e.